The maximum atomic E-state index is 12.9. The van der Waals surface area contributed by atoms with Gasteiger partial charge in [-0.25, -0.2) is 0 Å². The van der Waals surface area contributed by atoms with Crippen LogP contribution in [0.5, 0.6) is 0 Å². The van der Waals surface area contributed by atoms with E-state index in [1.165, 1.54) is 6.42 Å². The van der Waals surface area contributed by atoms with Gasteiger partial charge in [0.2, 0.25) is 0 Å². The van der Waals surface area contributed by atoms with Crippen LogP contribution in [0.1, 0.15) is 41.0 Å². The summed E-state index contributed by atoms with van der Waals surface area (Å²) >= 11 is 0. The fourth-order valence-electron chi connectivity index (χ4n) is 3.20. The summed E-state index contributed by atoms with van der Waals surface area (Å²) in [5.74, 6) is 0.0803. The smallest absolute Gasteiger partial charge is 0.272 e. The van der Waals surface area contributed by atoms with E-state index in [4.69, 9.17) is 0 Å². The average molecular weight is 301 g/mol. The Kier molecular flexibility index (Phi) is 4.00. The zero-order chi connectivity index (χ0) is 15.7. The minimum absolute atomic E-state index is 0.0803. The van der Waals surface area contributed by atoms with Gasteiger partial charge < -0.3 is 4.90 Å². The molecule has 2 aromatic rings. The lowest BCUT2D eigenvalue weighted by Gasteiger charge is -2.35. The van der Waals surface area contributed by atoms with Gasteiger partial charge in [-0.05, 0) is 44.7 Å². The summed E-state index contributed by atoms with van der Waals surface area (Å²) in [6.07, 6.45) is 7.16. The van der Waals surface area contributed by atoms with Gasteiger partial charge in [-0.1, -0.05) is 0 Å². The Hall–Kier alpha value is -2.11. The second-order valence-corrected chi connectivity index (χ2v) is 6.18. The summed E-state index contributed by atoms with van der Waals surface area (Å²) < 4.78 is 3.63. The quantitative estimate of drug-likeness (QED) is 0.870. The number of carbonyl (C=O) groups excluding carboxylic acids is 1. The number of likely N-dealkylation sites (tertiary alicyclic amines) is 1. The molecule has 6 heteroatoms. The van der Waals surface area contributed by atoms with Crippen molar-refractivity contribution in [3.63, 3.8) is 0 Å². The molecule has 1 amide bonds. The SMILES string of the molecule is Cc1cnn(C[C@H]2CCCCN2C(=O)c2cc(C)nn2C)c1. The molecule has 1 saturated heterocycles. The van der Waals surface area contributed by atoms with Gasteiger partial charge >= 0.3 is 0 Å². The standard InChI is InChI=1S/C16H23N5O/c1-12-9-17-20(10-12)11-14-6-4-5-7-21(14)16(22)15-8-13(2)18-19(15)3/h8-10,14H,4-7,11H2,1-3H3/t14-/m1/s1. The molecule has 1 fully saturated rings. The number of amides is 1. The molecule has 2 aromatic heterocycles. The minimum Gasteiger partial charge on any atom is -0.332 e. The van der Waals surface area contributed by atoms with Gasteiger partial charge in [0.05, 0.1) is 24.5 Å². The van der Waals surface area contributed by atoms with Gasteiger partial charge in [-0.2, -0.15) is 10.2 Å². The minimum atomic E-state index is 0.0803. The van der Waals surface area contributed by atoms with Gasteiger partial charge in [0, 0.05) is 19.8 Å². The number of aromatic nitrogens is 4. The molecule has 3 rings (SSSR count). The van der Waals surface area contributed by atoms with Gasteiger partial charge in [0.1, 0.15) is 5.69 Å². The van der Waals surface area contributed by atoms with Crippen LogP contribution >= 0.6 is 0 Å². The van der Waals surface area contributed by atoms with Crippen LogP contribution < -0.4 is 0 Å². The van der Waals surface area contributed by atoms with Gasteiger partial charge in [0.25, 0.3) is 5.91 Å². The Labute approximate surface area is 130 Å². The van der Waals surface area contributed by atoms with Crippen molar-refractivity contribution in [2.24, 2.45) is 7.05 Å². The number of hydrogen-bond acceptors (Lipinski definition) is 3. The van der Waals surface area contributed by atoms with E-state index in [9.17, 15) is 4.79 Å². The molecule has 0 bridgehead atoms. The highest BCUT2D eigenvalue weighted by atomic mass is 16.2. The van der Waals surface area contributed by atoms with Crippen molar-refractivity contribution in [2.75, 3.05) is 6.54 Å². The highest BCUT2D eigenvalue weighted by Crippen LogP contribution is 2.21. The van der Waals surface area contributed by atoms with Crippen molar-refractivity contribution in [2.45, 2.75) is 45.7 Å². The number of aryl methyl sites for hydroxylation is 3. The van der Waals surface area contributed by atoms with E-state index in [-0.39, 0.29) is 11.9 Å². The predicted molar refractivity (Wildman–Crippen MR) is 83.6 cm³/mol. The van der Waals surface area contributed by atoms with Crippen LogP contribution in [0.3, 0.4) is 0 Å². The average Bonchev–Trinajstić information content (AvgIpc) is 3.04. The van der Waals surface area contributed by atoms with Crippen LogP contribution in [-0.2, 0) is 13.6 Å². The second kappa shape index (κ2) is 5.94. The Bertz CT molecular complexity index is 672. The van der Waals surface area contributed by atoms with Crippen LogP contribution in [-0.4, -0.2) is 43.0 Å². The van der Waals surface area contributed by atoms with Crippen LogP contribution in [0, 0.1) is 13.8 Å². The van der Waals surface area contributed by atoms with Crippen LogP contribution in [0.4, 0.5) is 0 Å². The van der Waals surface area contributed by atoms with Crippen LogP contribution in [0.2, 0.25) is 0 Å². The van der Waals surface area contributed by atoms with E-state index < -0.39 is 0 Å². The van der Waals surface area contributed by atoms with Crippen LogP contribution in [0.25, 0.3) is 0 Å². The number of carbonyl (C=O) groups is 1. The Balaban J connectivity index is 1.80. The first-order valence-corrected chi connectivity index (χ1v) is 7.85. The first-order chi connectivity index (χ1) is 10.5. The third-order valence-electron chi connectivity index (χ3n) is 4.27. The second-order valence-electron chi connectivity index (χ2n) is 6.18. The summed E-state index contributed by atoms with van der Waals surface area (Å²) in [4.78, 5) is 14.9. The van der Waals surface area contributed by atoms with E-state index in [0.29, 0.717) is 5.69 Å². The molecule has 1 aliphatic heterocycles. The van der Waals surface area contributed by atoms with Gasteiger partial charge in [0.15, 0.2) is 0 Å². The van der Waals surface area contributed by atoms with Crippen molar-refractivity contribution < 1.29 is 4.79 Å². The Morgan fingerprint density at radius 3 is 2.82 bits per heavy atom. The fourth-order valence-corrected chi connectivity index (χ4v) is 3.20. The molecule has 1 atom stereocenters. The van der Waals surface area contributed by atoms with Crippen LogP contribution in [0.15, 0.2) is 18.5 Å². The lowest BCUT2D eigenvalue weighted by Crippen LogP contribution is -2.46. The zero-order valence-corrected chi connectivity index (χ0v) is 13.5. The van der Waals surface area contributed by atoms with Gasteiger partial charge in [-0.3, -0.25) is 14.2 Å². The molecule has 3 heterocycles. The third-order valence-corrected chi connectivity index (χ3v) is 4.27. The molecule has 0 unspecified atom stereocenters. The zero-order valence-electron chi connectivity index (χ0n) is 13.5. The van der Waals surface area contributed by atoms with E-state index in [0.717, 1.165) is 37.2 Å². The van der Waals surface area contributed by atoms with Crippen molar-refractivity contribution >= 4 is 5.91 Å². The molecule has 0 N–H and O–H groups in total. The lowest BCUT2D eigenvalue weighted by atomic mass is 10.0. The van der Waals surface area contributed by atoms with E-state index in [1.807, 2.05) is 48.9 Å². The topological polar surface area (TPSA) is 56.0 Å². The molecule has 6 nitrogen and oxygen atoms in total. The van der Waals surface area contributed by atoms with Gasteiger partial charge in [-0.15, -0.1) is 0 Å². The fraction of sp³-hybridized carbons (Fsp3) is 0.562. The first kappa shape index (κ1) is 14.8. The summed E-state index contributed by atoms with van der Waals surface area (Å²) in [5, 5.41) is 8.65. The summed E-state index contributed by atoms with van der Waals surface area (Å²) in [5.41, 5.74) is 2.69. The molecule has 0 aliphatic carbocycles. The normalized spacial score (nSPS) is 18.7. The number of hydrogen-bond donors (Lipinski definition) is 0. The molecule has 0 spiro atoms. The monoisotopic (exact) mass is 301 g/mol. The first-order valence-electron chi connectivity index (χ1n) is 7.85. The molecule has 22 heavy (non-hydrogen) atoms. The molecular weight excluding hydrogens is 278 g/mol. The van der Waals surface area contributed by atoms with E-state index in [1.54, 1.807) is 4.68 Å². The summed E-state index contributed by atoms with van der Waals surface area (Å²) in [7, 11) is 1.83. The molecule has 0 saturated carbocycles. The molecular formula is C16H23N5O. The van der Waals surface area contributed by atoms with Crippen molar-refractivity contribution in [3.05, 3.63) is 35.4 Å². The Morgan fingerprint density at radius 1 is 1.36 bits per heavy atom. The molecule has 0 radical (unpaired) electrons. The van der Waals surface area contributed by atoms with Crippen molar-refractivity contribution in [1.82, 2.24) is 24.5 Å². The molecule has 118 valence electrons. The molecule has 1 aliphatic rings. The molecule has 0 aromatic carbocycles. The van der Waals surface area contributed by atoms with Crippen molar-refractivity contribution in [3.8, 4) is 0 Å². The highest BCUT2D eigenvalue weighted by Gasteiger charge is 2.29. The predicted octanol–water partition coefficient (Wildman–Crippen LogP) is 1.93. The maximum absolute atomic E-state index is 12.9. The maximum Gasteiger partial charge on any atom is 0.272 e. The largest absolute Gasteiger partial charge is 0.332 e. The third kappa shape index (κ3) is 2.91. The summed E-state index contributed by atoms with van der Waals surface area (Å²) in [6.45, 7) is 5.52. The number of piperidine rings is 1. The summed E-state index contributed by atoms with van der Waals surface area (Å²) in [6, 6.07) is 2.07. The lowest BCUT2D eigenvalue weighted by molar-refractivity contribution is 0.0572. The number of nitrogens with zero attached hydrogens (tertiary/aromatic N) is 5. The number of rotatable bonds is 3. The highest BCUT2D eigenvalue weighted by molar-refractivity contribution is 5.93. The Morgan fingerprint density at radius 2 is 2.18 bits per heavy atom. The van der Waals surface area contributed by atoms with E-state index >= 15 is 0 Å². The van der Waals surface area contributed by atoms with Crippen molar-refractivity contribution in [1.29, 1.82) is 0 Å². The van der Waals surface area contributed by atoms with E-state index in [2.05, 4.69) is 10.2 Å².